The SMILES string of the molecule is CC1CCC(C(N)Cc2cccnc2)CC1. The Morgan fingerprint density at radius 2 is 2.12 bits per heavy atom. The summed E-state index contributed by atoms with van der Waals surface area (Å²) in [6.07, 6.45) is 10.1. The fraction of sp³-hybridized carbons (Fsp3) is 0.643. The molecule has 2 nitrogen and oxygen atoms in total. The second kappa shape index (κ2) is 5.44. The van der Waals surface area contributed by atoms with Crippen LogP contribution in [0.4, 0.5) is 0 Å². The van der Waals surface area contributed by atoms with E-state index >= 15 is 0 Å². The zero-order valence-electron chi connectivity index (χ0n) is 10.1. The molecular formula is C14H22N2. The molecule has 0 bridgehead atoms. The number of nitrogens with two attached hydrogens (primary N) is 1. The summed E-state index contributed by atoms with van der Waals surface area (Å²) in [7, 11) is 0. The first-order chi connectivity index (χ1) is 7.75. The van der Waals surface area contributed by atoms with E-state index in [-0.39, 0.29) is 0 Å². The van der Waals surface area contributed by atoms with Gasteiger partial charge in [0.05, 0.1) is 0 Å². The van der Waals surface area contributed by atoms with Crippen LogP contribution in [0.25, 0.3) is 0 Å². The third-order valence-corrected chi connectivity index (χ3v) is 3.86. The molecule has 0 spiro atoms. The molecule has 1 aliphatic carbocycles. The summed E-state index contributed by atoms with van der Waals surface area (Å²) in [5, 5.41) is 0. The second-order valence-corrected chi connectivity index (χ2v) is 5.25. The van der Waals surface area contributed by atoms with E-state index < -0.39 is 0 Å². The highest BCUT2D eigenvalue weighted by atomic mass is 14.7. The van der Waals surface area contributed by atoms with Crippen LogP contribution in [0, 0.1) is 11.8 Å². The van der Waals surface area contributed by atoms with E-state index in [0.717, 1.165) is 18.3 Å². The number of hydrogen-bond acceptors (Lipinski definition) is 2. The number of rotatable bonds is 3. The van der Waals surface area contributed by atoms with Crippen molar-refractivity contribution < 1.29 is 0 Å². The molecule has 0 amide bonds. The molecule has 2 heteroatoms. The summed E-state index contributed by atoms with van der Waals surface area (Å²) in [5.41, 5.74) is 7.57. The van der Waals surface area contributed by atoms with Crippen LogP contribution in [0.1, 0.15) is 38.2 Å². The molecule has 1 aliphatic rings. The van der Waals surface area contributed by atoms with Gasteiger partial charge < -0.3 is 5.73 Å². The van der Waals surface area contributed by atoms with Gasteiger partial charge in [0.25, 0.3) is 0 Å². The largest absolute Gasteiger partial charge is 0.327 e. The summed E-state index contributed by atoms with van der Waals surface area (Å²) >= 11 is 0. The minimum atomic E-state index is 0.316. The van der Waals surface area contributed by atoms with Gasteiger partial charge in [-0.15, -0.1) is 0 Å². The third kappa shape index (κ3) is 3.05. The number of nitrogens with zero attached hydrogens (tertiary/aromatic N) is 1. The van der Waals surface area contributed by atoms with Crippen molar-refractivity contribution in [3.05, 3.63) is 30.1 Å². The van der Waals surface area contributed by atoms with Gasteiger partial charge in [0, 0.05) is 18.4 Å². The molecule has 2 N–H and O–H groups in total. The van der Waals surface area contributed by atoms with E-state index in [4.69, 9.17) is 5.73 Å². The average molecular weight is 218 g/mol. The van der Waals surface area contributed by atoms with Crippen molar-refractivity contribution >= 4 is 0 Å². The van der Waals surface area contributed by atoms with Crippen LogP contribution in [0.5, 0.6) is 0 Å². The molecule has 1 fully saturated rings. The lowest BCUT2D eigenvalue weighted by atomic mass is 9.78. The van der Waals surface area contributed by atoms with Gasteiger partial charge in [-0.2, -0.15) is 0 Å². The molecule has 1 aromatic heterocycles. The maximum atomic E-state index is 6.30. The van der Waals surface area contributed by atoms with Gasteiger partial charge in [0.2, 0.25) is 0 Å². The predicted octanol–water partition coefficient (Wildman–Crippen LogP) is 2.78. The normalized spacial score (nSPS) is 27.6. The summed E-state index contributed by atoms with van der Waals surface area (Å²) in [4.78, 5) is 4.14. The molecule has 2 rings (SSSR count). The Bertz CT molecular complexity index is 302. The molecular weight excluding hydrogens is 196 g/mol. The van der Waals surface area contributed by atoms with E-state index in [0.29, 0.717) is 6.04 Å². The fourth-order valence-corrected chi connectivity index (χ4v) is 2.67. The molecule has 1 atom stereocenters. The Balaban J connectivity index is 1.86. The van der Waals surface area contributed by atoms with Gasteiger partial charge in [0.1, 0.15) is 0 Å². The number of pyridine rings is 1. The molecule has 0 aromatic carbocycles. The molecule has 1 heterocycles. The van der Waals surface area contributed by atoms with Crippen LogP contribution in [-0.4, -0.2) is 11.0 Å². The van der Waals surface area contributed by atoms with Gasteiger partial charge in [-0.05, 0) is 42.7 Å². The smallest absolute Gasteiger partial charge is 0.0300 e. The Hall–Kier alpha value is -0.890. The molecule has 16 heavy (non-hydrogen) atoms. The Kier molecular flexibility index (Phi) is 3.94. The zero-order chi connectivity index (χ0) is 11.4. The first-order valence-electron chi connectivity index (χ1n) is 6.40. The molecule has 0 radical (unpaired) electrons. The summed E-state index contributed by atoms with van der Waals surface area (Å²) in [6, 6.07) is 4.43. The lowest BCUT2D eigenvalue weighted by Gasteiger charge is -2.30. The van der Waals surface area contributed by atoms with E-state index in [1.165, 1.54) is 31.2 Å². The highest BCUT2D eigenvalue weighted by Gasteiger charge is 2.23. The van der Waals surface area contributed by atoms with E-state index in [2.05, 4.69) is 18.0 Å². The Morgan fingerprint density at radius 3 is 2.75 bits per heavy atom. The average Bonchev–Trinajstić information content (AvgIpc) is 2.31. The van der Waals surface area contributed by atoms with Crippen LogP contribution >= 0.6 is 0 Å². The highest BCUT2D eigenvalue weighted by molar-refractivity contribution is 5.10. The van der Waals surface area contributed by atoms with Crippen LogP contribution < -0.4 is 5.73 Å². The topological polar surface area (TPSA) is 38.9 Å². The lowest BCUT2D eigenvalue weighted by molar-refractivity contribution is 0.253. The Labute approximate surface area is 98.3 Å². The first kappa shape index (κ1) is 11.6. The van der Waals surface area contributed by atoms with E-state index in [1.807, 2.05) is 18.5 Å². The predicted molar refractivity (Wildman–Crippen MR) is 67.0 cm³/mol. The number of hydrogen-bond donors (Lipinski definition) is 1. The molecule has 1 unspecified atom stereocenters. The standard InChI is InChI=1S/C14H22N2/c1-11-4-6-13(7-5-11)14(15)9-12-3-2-8-16-10-12/h2-3,8,10-11,13-14H,4-7,9,15H2,1H3. The first-order valence-corrected chi connectivity index (χ1v) is 6.40. The fourth-order valence-electron chi connectivity index (χ4n) is 2.67. The summed E-state index contributed by atoms with van der Waals surface area (Å²) < 4.78 is 0. The van der Waals surface area contributed by atoms with Gasteiger partial charge in [-0.1, -0.05) is 25.8 Å². The van der Waals surface area contributed by atoms with Gasteiger partial charge in [-0.3, -0.25) is 4.98 Å². The van der Waals surface area contributed by atoms with Crippen LogP contribution in [0.2, 0.25) is 0 Å². The highest BCUT2D eigenvalue weighted by Crippen LogP contribution is 2.30. The minimum Gasteiger partial charge on any atom is -0.327 e. The van der Waals surface area contributed by atoms with Crippen molar-refractivity contribution in [2.75, 3.05) is 0 Å². The van der Waals surface area contributed by atoms with Crippen molar-refractivity contribution in [2.45, 2.75) is 45.1 Å². The molecule has 0 aliphatic heterocycles. The van der Waals surface area contributed by atoms with Crippen molar-refractivity contribution in [3.8, 4) is 0 Å². The summed E-state index contributed by atoms with van der Waals surface area (Å²) in [6.45, 7) is 2.35. The van der Waals surface area contributed by atoms with Crippen molar-refractivity contribution in [3.63, 3.8) is 0 Å². The Morgan fingerprint density at radius 1 is 1.38 bits per heavy atom. The minimum absolute atomic E-state index is 0.316. The van der Waals surface area contributed by atoms with E-state index in [9.17, 15) is 0 Å². The summed E-state index contributed by atoms with van der Waals surface area (Å²) in [5.74, 6) is 1.62. The maximum absolute atomic E-state index is 6.30. The molecule has 88 valence electrons. The van der Waals surface area contributed by atoms with Crippen molar-refractivity contribution in [1.82, 2.24) is 4.98 Å². The van der Waals surface area contributed by atoms with Gasteiger partial charge in [-0.25, -0.2) is 0 Å². The monoisotopic (exact) mass is 218 g/mol. The second-order valence-electron chi connectivity index (χ2n) is 5.25. The van der Waals surface area contributed by atoms with Crippen LogP contribution in [-0.2, 0) is 6.42 Å². The van der Waals surface area contributed by atoms with Gasteiger partial charge >= 0.3 is 0 Å². The third-order valence-electron chi connectivity index (χ3n) is 3.86. The van der Waals surface area contributed by atoms with E-state index in [1.54, 1.807) is 0 Å². The molecule has 1 aromatic rings. The lowest BCUT2D eigenvalue weighted by Crippen LogP contribution is -2.34. The van der Waals surface area contributed by atoms with Crippen molar-refractivity contribution in [2.24, 2.45) is 17.6 Å². The van der Waals surface area contributed by atoms with Crippen LogP contribution in [0.3, 0.4) is 0 Å². The van der Waals surface area contributed by atoms with Crippen LogP contribution in [0.15, 0.2) is 24.5 Å². The zero-order valence-corrected chi connectivity index (χ0v) is 10.1. The molecule has 0 saturated heterocycles. The quantitative estimate of drug-likeness (QED) is 0.847. The maximum Gasteiger partial charge on any atom is 0.0300 e. The van der Waals surface area contributed by atoms with Crippen molar-refractivity contribution in [1.29, 1.82) is 0 Å². The molecule has 1 saturated carbocycles. The van der Waals surface area contributed by atoms with Gasteiger partial charge in [0.15, 0.2) is 0 Å². The number of aromatic nitrogens is 1.